The number of amides is 2. The number of aliphatic hydroxyl groups is 1. The van der Waals surface area contributed by atoms with E-state index in [0.29, 0.717) is 22.0 Å². The highest BCUT2D eigenvalue weighted by atomic mass is 19.1. The molecule has 30 heavy (non-hydrogen) atoms. The fourth-order valence-corrected chi connectivity index (χ4v) is 3.25. The van der Waals surface area contributed by atoms with E-state index in [2.05, 4.69) is 9.72 Å². The lowest BCUT2D eigenvalue weighted by Crippen LogP contribution is -2.46. The van der Waals surface area contributed by atoms with Crippen LogP contribution in [0.1, 0.15) is 12.5 Å². The maximum absolute atomic E-state index is 14.5. The molecule has 1 unspecified atom stereocenters. The van der Waals surface area contributed by atoms with Gasteiger partial charge in [-0.05, 0) is 30.2 Å². The fourth-order valence-electron chi connectivity index (χ4n) is 3.25. The molecule has 2 fully saturated rings. The summed E-state index contributed by atoms with van der Waals surface area (Å²) in [7, 11) is 0. The SMILES string of the molecule is CC1OC(=O)NC1=O.OC1(c2ccc(-c3c(F)cc4[nH]ccc4c3F)cc2)COC1. The van der Waals surface area contributed by atoms with E-state index in [0.717, 1.165) is 0 Å². The minimum absolute atomic E-state index is 0.0597. The quantitative estimate of drug-likeness (QED) is 0.596. The number of halogens is 2. The molecule has 3 aromatic rings. The minimum Gasteiger partial charge on any atom is -0.436 e. The summed E-state index contributed by atoms with van der Waals surface area (Å²) in [4.78, 5) is 23.2. The number of ether oxygens (including phenoxy) is 2. The second kappa shape index (κ2) is 7.51. The molecule has 0 spiro atoms. The Morgan fingerprint density at radius 2 is 1.83 bits per heavy atom. The van der Waals surface area contributed by atoms with Crippen molar-refractivity contribution in [3.8, 4) is 11.1 Å². The van der Waals surface area contributed by atoms with Gasteiger partial charge in [0.05, 0.1) is 24.3 Å². The number of hydrogen-bond acceptors (Lipinski definition) is 5. The summed E-state index contributed by atoms with van der Waals surface area (Å²) in [6.07, 6.45) is 0.316. The molecule has 0 aliphatic carbocycles. The summed E-state index contributed by atoms with van der Waals surface area (Å²) < 4.78 is 38.1. The van der Waals surface area contributed by atoms with Crippen LogP contribution in [0, 0.1) is 11.6 Å². The molecule has 3 N–H and O–H groups in total. The zero-order valence-electron chi connectivity index (χ0n) is 15.9. The third kappa shape index (κ3) is 3.53. The Balaban J connectivity index is 0.000000230. The minimum atomic E-state index is -0.986. The molecule has 0 radical (unpaired) electrons. The van der Waals surface area contributed by atoms with Gasteiger partial charge in [0, 0.05) is 11.6 Å². The molecule has 0 bridgehead atoms. The van der Waals surface area contributed by atoms with Crippen molar-refractivity contribution in [1.82, 2.24) is 10.3 Å². The molecule has 1 aromatic heterocycles. The number of rotatable bonds is 2. The molecule has 0 saturated carbocycles. The van der Waals surface area contributed by atoms with Gasteiger partial charge < -0.3 is 19.6 Å². The van der Waals surface area contributed by atoms with Crippen LogP contribution in [-0.2, 0) is 19.9 Å². The number of imide groups is 1. The Kier molecular flexibility index (Phi) is 5.00. The van der Waals surface area contributed by atoms with Gasteiger partial charge in [-0.2, -0.15) is 0 Å². The van der Waals surface area contributed by atoms with Gasteiger partial charge in [0.15, 0.2) is 6.10 Å². The van der Waals surface area contributed by atoms with Crippen LogP contribution in [0.2, 0.25) is 0 Å². The van der Waals surface area contributed by atoms with Crippen molar-refractivity contribution < 1.29 is 33.0 Å². The van der Waals surface area contributed by atoms with Gasteiger partial charge >= 0.3 is 6.09 Å². The highest BCUT2D eigenvalue weighted by Gasteiger charge is 2.37. The van der Waals surface area contributed by atoms with Gasteiger partial charge in [-0.15, -0.1) is 0 Å². The molecule has 5 rings (SSSR count). The van der Waals surface area contributed by atoms with Crippen LogP contribution in [0.5, 0.6) is 0 Å². The topological polar surface area (TPSA) is 101 Å². The zero-order valence-corrected chi connectivity index (χ0v) is 15.9. The van der Waals surface area contributed by atoms with Gasteiger partial charge in [0.25, 0.3) is 5.91 Å². The predicted molar refractivity (Wildman–Crippen MR) is 102 cm³/mol. The van der Waals surface area contributed by atoms with Gasteiger partial charge in [0.1, 0.15) is 17.2 Å². The van der Waals surface area contributed by atoms with Gasteiger partial charge in [-0.1, -0.05) is 24.3 Å². The number of hydrogen-bond donors (Lipinski definition) is 3. The number of H-pyrrole nitrogens is 1. The number of benzene rings is 2. The molecular weight excluding hydrogens is 398 g/mol. The van der Waals surface area contributed by atoms with E-state index < -0.39 is 29.4 Å². The maximum atomic E-state index is 14.5. The Labute approximate surface area is 169 Å². The Morgan fingerprint density at radius 1 is 1.13 bits per heavy atom. The van der Waals surface area contributed by atoms with Crippen LogP contribution in [0.3, 0.4) is 0 Å². The Hall–Kier alpha value is -3.30. The molecule has 156 valence electrons. The van der Waals surface area contributed by atoms with E-state index in [-0.39, 0.29) is 24.7 Å². The first-order valence-electron chi connectivity index (χ1n) is 9.16. The summed E-state index contributed by atoms with van der Waals surface area (Å²) in [5, 5.41) is 12.5. The van der Waals surface area contributed by atoms with Crippen LogP contribution in [0.15, 0.2) is 42.6 Å². The van der Waals surface area contributed by atoms with E-state index in [1.807, 2.05) is 5.32 Å². The number of fused-ring (bicyclic) bond motifs is 1. The van der Waals surface area contributed by atoms with E-state index in [4.69, 9.17) is 4.74 Å². The first kappa shape index (κ1) is 20.0. The average Bonchev–Trinajstić information content (AvgIpc) is 3.26. The Bertz CT molecular complexity index is 1120. The van der Waals surface area contributed by atoms with Crippen molar-refractivity contribution in [3.63, 3.8) is 0 Å². The summed E-state index contributed by atoms with van der Waals surface area (Å²) in [6, 6.07) is 9.46. The number of aromatic nitrogens is 1. The smallest absolute Gasteiger partial charge is 0.414 e. The Morgan fingerprint density at radius 3 is 2.33 bits per heavy atom. The third-order valence-corrected chi connectivity index (χ3v) is 5.02. The number of carbonyl (C=O) groups is 2. The van der Waals surface area contributed by atoms with Crippen molar-refractivity contribution in [1.29, 1.82) is 0 Å². The summed E-state index contributed by atoms with van der Waals surface area (Å²) >= 11 is 0. The second-order valence-electron chi connectivity index (χ2n) is 7.12. The molecule has 1 atom stereocenters. The van der Waals surface area contributed by atoms with Crippen molar-refractivity contribution >= 4 is 22.9 Å². The van der Waals surface area contributed by atoms with Crippen molar-refractivity contribution in [2.75, 3.05) is 13.2 Å². The van der Waals surface area contributed by atoms with Crippen LogP contribution in [0.4, 0.5) is 13.6 Å². The molecule has 2 aromatic carbocycles. The summed E-state index contributed by atoms with van der Waals surface area (Å²) in [5.74, 6) is -1.57. The van der Waals surface area contributed by atoms with Gasteiger partial charge in [0.2, 0.25) is 0 Å². The van der Waals surface area contributed by atoms with E-state index >= 15 is 0 Å². The van der Waals surface area contributed by atoms with Gasteiger partial charge in [-0.3, -0.25) is 10.1 Å². The van der Waals surface area contributed by atoms with Crippen LogP contribution in [-0.4, -0.2) is 41.4 Å². The maximum Gasteiger partial charge on any atom is 0.414 e. The third-order valence-electron chi connectivity index (χ3n) is 5.02. The summed E-state index contributed by atoms with van der Waals surface area (Å²) in [5.41, 5.74) is 0.503. The fraction of sp³-hybridized carbons (Fsp3) is 0.238. The standard InChI is InChI=1S/C17H13F2NO2.C4H5NO3/c18-13-7-14-12(5-6-20-14)16(19)15(13)10-1-3-11(4-2-10)17(21)8-22-9-17;1-2-3(6)5-4(7)8-2/h1-7,20-21H,8-9H2;2H,1H3,(H,5,6,7). The molecule has 9 heteroatoms. The monoisotopic (exact) mass is 416 g/mol. The van der Waals surface area contributed by atoms with E-state index in [1.165, 1.54) is 13.0 Å². The second-order valence-corrected chi connectivity index (χ2v) is 7.12. The normalized spacial score (nSPS) is 19.5. The first-order valence-corrected chi connectivity index (χ1v) is 9.16. The van der Waals surface area contributed by atoms with E-state index in [9.17, 15) is 23.5 Å². The molecule has 2 aliphatic heterocycles. The number of nitrogens with one attached hydrogen (secondary N) is 2. The molecular formula is C21H18F2N2O5. The number of aromatic amines is 1. The largest absolute Gasteiger partial charge is 0.436 e. The number of carbonyl (C=O) groups excluding carboxylic acids is 2. The van der Waals surface area contributed by atoms with Crippen molar-refractivity contribution in [3.05, 3.63) is 59.8 Å². The molecule has 2 amide bonds. The lowest BCUT2D eigenvalue weighted by molar-refractivity contribution is -0.184. The molecule has 2 aliphatic rings. The van der Waals surface area contributed by atoms with Crippen molar-refractivity contribution in [2.24, 2.45) is 0 Å². The first-order chi connectivity index (χ1) is 14.3. The number of alkyl carbamates (subject to hydrolysis) is 1. The molecule has 7 nitrogen and oxygen atoms in total. The molecule has 3 heterocycles. The number of cyclic esters (lactones) is 1. The summed E-state index contributed by atoms with van der Waals surface area (Å²) in [6.45, 7) is 2.00. The van der Waals surface area contributed by atoms with Crippen LogP contribution >= 0.6 is 0 Å². The van der Waals surface area contributed by atoms with Crippen molar-refractivity contribution in [2.45, 2.75) is 18.6 Å². The van der Waals surface area contributed by atoms with E-state index in [1.54, 1.807) is 36.5 Å². The van der Waals surface area contributed by atoms with Crippen LogP contribution in [0.25, 0.3) is 22.0 Å². The lowest BCUT2D eigenvalue weighted by Gasteiger charge is -2.36. The lowest BCUT2D eigenvalue weighted by atomic mass is 9.90. The van der Waals surface area contributed by atoms with Gasteiger partial charge in [-0.25, -0.2) is 13.6 Å². The molecule has 2 saturated heterocycles. The highest BCUT2D eigenvalue weighted by molar-refractivity contribution is 5.99. The predicted octanol–water partition coefficient (Wildman–Crippen LogP) is 2.97. The van der Waals surface area contributed by atoms with Crippen LogP contribution < -0.4 is 5.32 Å². The highest BCUT2D eigenvalue weighted by Crippen LogP contribution is 2.34. The average molecular weight is 416 g/mol. The zero-order chi connectivity index (χ0) is 21.5.